The van der Waals surface area contributed by atoms with Gasteiger partial charge in [-0.2, -0.15) is 0 Å². The number of carbonyl (C=O) groups excluding carboxylic acids is 2. The number of Topliss-reactive ketones (excluding diaryl/α,β-unsaturated/α-hetero) is 1. The first-order chi connectivity index (χ1) is 13.5. The minimum atomic E-state index is -0.156. The van der Waals surface area contributed by atoms with E-state index in [1.807, 2.05) is 30.3 Å². The molecule has 2 aliphatic heterocycles. The van der Waals surface area contributed by atoms with Gasteiger partial charge < -0.3 is 15.6 Å². The van der Waals surface area contributed by atoms with E-state index in [9.17, 15) is 9.59 Å². The second kappa shape index (κ2) is 7.58. The van der Waals surface area contributed by atoms with Crippen molar-refractivity contribution in [2.75, 3.05) is 38.5 Å². The zero-order valence-electron chi connectivity index (χ0n) is 16.2. The summed E-state index contributed by atoms with van der Waals surface area (Å²) in [5, 5.41) is 5.08. The predicted molar refractivity (Wildman–Crippen MR) is 111 cm³/mol. The molecule has 2 aromatic rings. The fourth-order valence-electron chi connectivity index (χ4n) is 3.58. The monoisotopic (exact) mass is 376 g/mol. The van der Waals surface area contributed by atoms with Gasteiger partial charge in [0.05, 0.1) is 11.3 Å². The van der Waals surface area contributed by atoms with Crippen molar-refractivity contribution in [2.24, 2.45) is 0 Å². The fourth-order valence-corrected chi connectivity index (χ4v) is 3.58. The number of rotatable bonds is 4. The standard InChI is InChI=1S/C22H24N4O2/c1-15(27)17-8-9-19-18(14-17)20(22(28)23-19)21(16-6-4-3-5-7-16)24-26-12-10-25(2)11-13-26/h3-9,14,24H,10-13H2,1-2H3,(H,23,28). The minimum Gasteiger partial charge on any atom is -0.321 e. The highest BCUT2D eigenvalue weighted by atomic mass is 16.2. The number of carbonyl (C=O) groups is 2. The van der Waals surface area contributed by atoms with Crippen molar-refractivity contribution in [1.29, 1.82) is 0 Å². The highest BCUT2D eigenvalue weighted by Crippen LogP contribution is 2.37. The highest BCUT2D eigenvalue weighted by molar-refractivity contribution is 6.36. The lowest BCUT2D eigenvalue weighted by atomic mass is 9.98. The molecule has 1 amide bonds. The number of anilines is 1. The lowest BCUT2D eigenvalue weighted by Crippen LogP contribution is -2.50. The van der Waals surface area contributed by atoms with Gasteiger partial charge in [0.2, 0.25) is 0 Å². The van der Waals surface area contributed by atoms with Crippen LogP contribution in [0.15, 0.2) is 48.5 Å². The zero-order chi connectivity index (χ0) is 19.7. The molecular weight excluding hydrogens is 352 g/mol. The molecule has 0 aromatic heterocycles. The summed E-state index contributed by atoms with van der Waals surface area (Å²) >= 11 is 0. The van der Waals surface area contributed by atoms with Gasteiger partial charge in [0.25, 0.3) is 5.91 Å². The average Bonchev–Trinajstić information content (AvgIpc) is 3.03. The maximum Gasteiger partial charge on any atom is 0.258 e. The summed E-state index contributed by atoms with van der Waals surface area (Å²) in [6, 6.07) is 15.2. The summed E-state index contributed by atoms with van der Waals surface area (Å²) in [5.74, 6) is -0.175. The molecule has 0 aliphatic carbocycles. The van der Waals surface area contributed by atoms with Gasteiger partial charge in [-0.3, -0.25) is 9.59 Å². The van der Waals surface area contributed by atoms with E-state index in [1.54, 1.807) is 18.2 Å². The molecule has 1 saturated heterocycles. The maximum atomic E-state index is 12.9. The van der Waals surface area contributed by atoms with E-state index >= 15 is 0 Å². The average molecular weight is 376 g/mol. The molecule has 0 spiro atoms. The zero-order valence-corrected chi connectivity index (χ0v) is 16.2. The predicted octanol–water partition coefficient (Wildman–Crippen LogP) is 2.46. The van der Waals surface area contributed by atoms with E-state index < -0.39 is 0 Å². The van der Waals surface area contributed by atoms with E-state index in [2.05, 4.69) is 27.7 Å². The molecular formula is C22H24N4O2. The van der Waals surface area contributed by atoms with E-state index in [-0.39, 0.29) is 11.7 Å². The van der Waals surface area contributed by atoms with Gasteiger partial charge in [0.1, 0.15) is 0 Å². The van der Waals surface area contributed by atoms with E-state index in [4.69, 9.17) is 0 Å². The molecule has 0 radical (unpaired) electrons. The number of ketones is 1. The van der Waals surface area contributed by atoms with Crippen molar-refractivity contribution >= 4 is 28.6 Å². The molecule has 1 fully saturated rings. The Morgan fingerprint density at radius 1 is 1.00 bits per heavy atom. The van der Waals surface area contributed by atoms with Crippen molar-refractivity contribution < 1.29 is 9.59 Å². The minimum absolute atomic E-state index is 0.0187. The van der Waals surface area contributed by atoms with Crippen LogP contribution < -0.4 is 10.7 Å². The molecule has 0 bridgehead atoms. The molecule has 2 heterocycles. The van der Waals surface area contributed by atoms with Crippen molar-refractivity contribution in [3.8, 4) is 0 Å². The van der Waals surface area contributed by atoms with Crippen molar-refractivity contribution in [3.63, 3.8) is 0 Å². The third-order valence-corrected chi connectivity index (χ3v) is 5.26. The third-order valence-electron chi connectivity index (χ3n) is 5.26. The van der Waals surface area contributed by atoms with Crippen LogP contribution in [0.5, 0.6) is 0 Å². The van der Waals surface area contributed by atoms with Crippen LogP contribution in [0.3, 0.4) is 0 Å². The van der Waals surface area contributed by atoms with Crippen LogP contribution in [0.2, 0.25) is 0 Å². The molecule has 6 nitrogen and oxygen atoms in total. The summed E-state index contributed by atoms with van der Waals surface area (Å²) in [4.78, 5) is 27.1. The lowest BCUT2D eigenvalue weighted by Gasteiger charge is -2.34. The number of likely N-dealkylation sites (N-methyl/N-ethyl adjacent to an activating group) is 1. The van der Waals surface area contributed by atoms with Crippen LogP contribution in [-0.2, 0) is 4.79 Å². The summed E-state index contributed by atoms with van der Waals surface area (Å²) in [5.41, 5.74) is 7.87. The van der Waals surface area contributed by atoms with E-state index in [0.717, 1.165) is 48.7 Å². The third kappa shape index (κ3) is 3.56. The first-order valence-corrected chi connectivity index (χ1v) is 9.49. The second-order valence-corrected chi connectivity index (χ2v) is 7.29. The topological polar surface area (TPSA) is 64.7 Å². The van der Waals surface area contributed by atoms with Crippen LogP contribution in [0, 0.1) is 0 Å². The number of piperazine rings is 1. The number of hydrazine groups is 1. The van der Waals surface area contributed by atoms with Gasteiger partial charge in [-0.15, -0.1) is 0 Å². The Balaban J connectivity index is 1.81. The lowest BCUT2D eigenvalue weighted by molar-refractivity contribution is -0.110. The Kier molecular flexibility index (Phi) is 4.98. The van der Waals surface area contributed by atoms with Crippen LogP contribution in [-0.4, -0.2) is 54.8 Å². The summed E-state index contributed by atoms with van der Waals surface area (Å²) in [7, 11) is 2.11. The number of hydrogen-bond acceptors (Lipinski definition) is 5. The Morgan fingerprint density at radius 2 is 1.71 bits per heavy atom. The molecule has 0 saturated carbocycles. The Labute approximate surface area is 164 Å². The van der Waals surface area contributed by atoms with E-state index in [0.29, 0.717) is 11.1 Å². The van der Waals surface area contributed by atoms with Gasteiger partial charge in [-0.25, -0.2) is 5.01 Å². The second-order valence-electron chi connectivity index (χ2n) is 7.29. The molecule has 0 atom stereocenters. The highest BCUT2D eigenvalue weighted by Gasteiger charge is 2.30. The maximum absolute atomic E-state index is 12.9. The number of benzene rings is 2. The largest absolute Gasteiger partial charge is 0.321 e. The molecule has 2 aliphatic rings. The van der Waals surface area contributed by atoms with Gasteiger partial charge in [0.15, 0.2) is 5.78 Å². The molecule has 4 rings (SSSR count). The summed E-state index contributed by atoms with van der Waals surface area (Å²) in [6.07, 6.45) is 0. The van der Waals surface area contributed by atoms with Crippen LogP contribution in [0.1, 0.15) is 28.4 Å². The molecule has 28 heavy (non-hydrogen) atoms. The Morgan fingerprint density at radius 3 is 2.39 bits per heavy atom. The van der Waals surface area contributed by atoms with Crippen LogP contribution >= 0.6 is 0 Å². The van der Waals surface area contributed by atoms with Gasteiger partial charge in [-0.1, -0.05) is 30.3 Å². The quantitative estimate of drug-likeness (QED) is 0.634. The van der Waals surface area contributed by atoms with Crippen molar-refractivity contribution in [1.82, 2.24) is 15.3 Å². The summed E-state index contributed by atoms with van der Waals surface area (Å²) in [6.45, 7) is 5.18. The number of nitrogens with zero attached hydrogens (tertiary/aromatic N) is 2. The summed E-state index contributed by atoms with van der Waals surface area (Å²) < 4.78 is 0. The van der Waals surface area contributed by atoms with Crippen molar-refractivity contribution in [2.45, 2.75) is 6.92 Å². The smallest absolute Gasteiger partial charge is 0.258 e. The first kappa shape index (κ1) is 18.4. The molecule has 144 valence electrons. The fraction of sp³-hybridized carbons (Fsp3) is 0.273. The SMILES string of the molecule is CC(=O)c1ccc2c(c1)C(=C(NN1CCN(C)CC1)c1ccccc1)C(=O)N2. The Hall–Kier alpha value is -2.96. The van der Waals surface area contributed by atoms with Crippen LogP contribution in [0.4, 0.5) is 5.69 Å². The number of nitrogens with one attached hydrogen (secondary N) is 2. The molecule has 6 heteroatoms. The number of fused-ring (bicyclic) bond motifs is 1. The van der Waals surface area contributed by atoms with Crippen molar-refractivity contribution in [3.05, 3.63) is 65.2 Å². The number of amides is 1. The molecule has 0 unspecified atom stereocenters. The van der Waals surface area contributed by atoms with Gasteiger partial charge >= 0.3 is 0 Å². The van der Waals surface area contributed by atoms with Gasteiger partial charge in [-0.05, 0) is 37.7 Å². The number of hydrogen-bond donors (Lipinski definition) is 2. The first-order valence-electron chi connectivity index (χ1n) is 9.49. The molecule has 2 N–H and O–H groups in total. The van der Waals surface area contributed by atoms with E-state index in [1.165, 1.54) is 6.92 Å². The Bertz CT molecular complexity index is 944. The normalized spacial score (nSPS) is 19.1. The molecule has 2 aromatic carbocycles. The van der Waals surface area contributed by atoms with Crippen LogP contribution in [0.25, 0.3) is 11.3 Å². The van der Waals surface area contributed by atoms with Gasteiger partial charge in [0, 0.05) is 43.0 Å².